The van der Waals surface area contributed by atoms with Crippen LogP contribution in [0.5, 0.6) is 5.75 Å². The second-order valence-electron chi connectivity index (χ2n) is 5.19. The van der Waals surface area contributed by atoms with E-state index in [0.717, 1.165) is 12.3 Å². The van der Waals surface area contributed by atoms with Gasteiger partial charge < -0.3 is 10.1 Å². The summed E-state index contributed by atoms with van der Waals surface area (Å²) < 4.78 is 19.7. The van der Waals surface area contributed by atoms with Gasteiger partial charge in [0.05, 0.1) is 6.04 Å². The highest BCUT2D eigenvalue weighted by Crippen LogP contribution is 2.21. The highest BCUT2D eigenvalue weighted by Gasteiger charge is 2.15. The third kappa shape index (κ3) is 4.05. The minimum atomic E-state index is -0.202. The van der Waals surface area contributed by atoms with Crippen LogP contribution in [0.25, 0.3) is 0 Å². The van der Waals surface area contributed by atoms with E-state index in [4.69, 9.17) is 4.74 Å². The van der Waals surface area contributed by atoms with Crippen LogP contribution in [0, 0.1) is 19.7 Å². The molecule has 2 aromatic rings. The molecule has 0 fully saturated rings. The first-order chi connectivity index (χ1) is 10.1. The van der Waals surface area contributed by atoms with Gasteiger partial charge in [0.1, 0.15) is 18.2 Å². The summed E-state index contributed by atoms with van der Waals surface area (Å²) >= 11 is 0. The maximum absolute atomic E-state index is 13.9. The maximum atomic E-state index is 13.9. The first-order valence-electron chi connectivity index (χ1n) is 7.29. The van der Waals surface area contributed by atoms with E-state index in [1.807, 2.05) is 31.2 Å². The lowest BCUT2D eigenvalue weighted by molar-refractivity contribution is 0.264. The number of hydrogen-bond acceptors (Lipinski definition) is 2. The predicted octanol–water partition coefficient (Wildman–Crippen LogP) is 4.17. The molecule has 0 spiro atoms. The van der Waals surface area contributed by atoms with E-state index in [0.29, 0.717) is 12.2 Å². The van der Waals surface area contributed by atoms with E-state index < -0.39 is 0 Å². The Hall–Kier alpha value is -1.87. The molecule has 3 heteroatoms. The number of likely N-dealkylation sites (N-methyl/N-ethyl adjacent to an activating group) is 1. The number of hydrogen-bond donors (Lipinski definition) is 1. The monoisotopic (exact) mass is 287 g/mol. The Morgan fingerprint density at radius 2 is 1.86 bits per heavy atom. The molecule has 0 amide bonds. The van der Waals surface area contributed by atoms with Crippen molar-refractivity contribution in [3.63, 3.8) is 0 Å². The van der Waals surface area contributed by atoms with Crippen LogP contribution in [-0.2, 0) is 0 Å². The molecule has 112 valence electrons. The molecule has 0 aromatic heterocycles. The predicted molar refractivity (Wildman–Crippen MR) is 84.2 cm³/mol. The van der Waals surface area contributed by atoms with Crippen LogP contribution in [0.3, 0.4) is 0 Å². The number of aryl methyl sites for hydroxylation is 2. The number of ether oxygens (including phenoxy) is 1. The fourth-order valence-corrected chi connectivity index (χ4v) is 2.25. The molecule has 0 bridgehead atoms. The number of halogens is 1. The Bertz CT molecular complexity index is 598. The Kier molecular flexibility index (Phi) is 5.34. The van der Waals surface area contributed by atoms with E-state index in [-0.39, 0.29) is 11.9 Å². The van der Waals surface area contributed by atoms with Crippen LogP contribution in [0.15, 0.2) is 42.5 Å². The molecule has 0 radical (unpaired) electrons. The molecule has 1 atom stereocenters. The van der Waals surface area contributed by atoms with Crippen molar-refractivity contribution < 1.29 is 9.13 Å². The molecule has 0 saturated heterocycles. The Morgan fingerprint density at radius 1 is 1.10 bits per heavy atom. The van der Waals surface area contributed by atoms with Crippen molar-refractivity contribution in [3.05, 3.63) is 65.0 Å². The third-order valence-electron chi connectivity index (χ3n) is 3.63. The molecule has 1 N–H and O–H groups in total. The zero-order valence-electron chi connectivity index (χ0n) is 12.8. The lowest BCUT2D eigenvalue weighted by Gasteiger charge is -2.20. The highest BCUT2D eigenvalue weighted by atomic mass is 19.1. The van der Waals surface area contributed by atoms with Crippen LogP contribution in [0.4, 0.5) is 4.39 Å². The molecule has 21 heavy (non-hydrogen) atoms. The van der Waals surface area contributed by atoms with Crippen LogP contribution < -0.4 is 10.1 Å². The second kappa shape index (κ2) is 7.23. The summed E-state index contributed by atoms with van der Waals surface area (Å²) in [6.45, 7) is 7.29. The van der Waals surface area contributed by atoms with Gasteiger partial charge in [-0.15, -0.1) is 0 Å². The van der Waals surface area contributed by atoms with Gasteiger partial charge >= 0.3 is 0 Å². The molecular weight excluding hydrogens is 265 g/mol. The van der Waals surface area contributed by atoms with Crippen molar-refractivity contribution in [2.75, 3.05) is 13.2 Å². The van der Waals surface area contributed by atoms with Crippen molar-refractivity contribution >= 4 is 0 Å². The fraction of sp³-hybridized carbons (Fsp3) is 0.333. The minimum Gasteiger partial charge on any atom is -0.492 e. The average Bonchev–Trinajstić information content (AvgIpc) is 2.48. The summed E-state index contributed by atoms with van der Waals surface area (Å²) in [4.78, 5) is 0. The number of nitrogens with one attached hydrogen (secondary N) is 1. The summed E-state index contributed by atoms with van der Waals surface area (Å²) in [6, 6.07) is 12.7. The molecular formula is C18H22FNO. The topological polar surface area (TPSA) is 21.3 Å². The quantitative estimate of drug-likeness (QED) is 0.861. The molecule has 0 aliphatic heterocycles. The standard InChI is InChI=1S/C18H22FNO/c1-4-20-18(16-7-5-6-8-17(16)19)12-21-15-10-9-13(2)14(3)11-15/h5-11,18,20H,4,12H2,1-3H3. The van der Waals surface area contributed by atoms with Crippen molar-refractivity contribution in [2.45, 2.75) is 26.8 Å². The van der Waals surface area contributed by atoms with Crippen molar-refractivity contribution in [1.29, 1.82) is 0 Å². The van der Waals surface area contributed by atoms with Crippen LogP contribution in [0.2, 0.25) is 0 Å². The lowest BCUT2D eigenvalue weighted by Crippen LogP contribution is -2.27. The first kappa shape index (κ1) is 15.5. The Labute approximate surface area is 126 Å². The Morgan fingerprint density at radius 3 is 2.52 bits per heavy atom. The largest absolute Gasteiger partial charge is 0.492 e. The lowest BCUT2D eigenvalue weighted by atomic mass is 10.1. The van der Waals surface area contributed by atoms with Gasteiger partial charge in [-0.3, -0.25) is 0 Å². The second-order valence-corrected chi connectivity index (χ2v) is 5.19. The SMILES string of the molecule is CCNC(COc1ccc(C)c(C)c1)c1ccccc1F. The highest BCUT2D eigenvalue weighted by molar-refractivity contribution is 5.34. The zero-order valence-corrected chi connectivity index (χ0v) is 12.8. The smallest absolute Gasteiger partial charge is 0.128 e. The van der Waals surface area contributed by atoms with Gasteiger partial charge in [0.25, 0.3) is 0 Å². The molecule has 2 nitrogen and oxygen atoms in total. The molecule has 0 aliphatic rings. The van der Waals surface area contributed by atoms with Crippen molar-refractivity contribution in [3.8, 4) is 5.75 Å². The van der Waals surface area contributed by atoms with E-state index in [1.165, 1.54) is 17.2 Å². The van der Waals surface area contributed by atoms with Gasteiger partial charge in [-0.05, 0) is 49.7 Å². The van der Waals surface area contributed by atoms with Gasteiger partial charge in [0, 0.05) is 5.56 Å². The zero-order chi connectivity index (χ0) is 15.2. The summed E-state index contributed by atoms with van der Waals surface area (Å²) in [5.41, 5.74) is 3.07. The average molecular weight is 287 g/mol. The molecule has 0 heterocycles. The van der Waals surface area contributed by atoms with Gasteiger partial charge in [-0.2, -0.15) is 0 Å². The summed E-state index contributed by atoms with van der Waals surface area (Å²) in [5.74, 6) is 0.615. The third-order valence-corrected chi connectivity index (χ3v) is 3.63. The molecule has 2 aromatic carbocycles. The van der Waals surface area contributed by atoms with Gasteiger partial charge in [0.15, 0.2) is 0 Å². The van der Waals surface area contributed by atoms with Gasteiger partial charge in [-0.25, -0.2) is 4.39 Å². The van der Waals surface area contributed by atoms with Crippen LogP contribution in [0.1, 0.15) is 29.7 Å². The molecule has 0 aliphatic carbocycles. The molecule has 1 unspecified atom stereocenters. The van der Waals surface area contributed by atoms with E-state index in [2.05, 4.69) is 19.2 Å². The van der Waals surface area contributed by atoms with Gasteiger partial charge in [0.2, 0.25) is 0 Å². The minimum absolute atomic E-state index is 0.155. The van der Waals surface area contributed by atoms with Gasteiger partial charge in [-0.1, -0.05) is 31.2 Å². The molecule has 2 rings (SSSR count). The van der Waals surface area contributed by atoms with E-state index in [1.54, 1.807) is 12.1 Å². The Balaban J connectivity index is 2.10. The van der Waals surface area contributed by atoms with Crippen LogP contribution in [-0.4, -0.2) is 13.2 Å². The van der Waals surface area contributed by atoms with Crippen molar-refractivity contribution in [2.24, 2.45) is 0 Å². The molecule has 0 saturated carbocycles. The van der Waals surface area contributed by atoms with Crippen LogP contribution >= 0.6 is 0 Å². The summed E-state index contributed by atoms with van der Waals surface area (Å²) in [7, 11) is 0. The summed E-state index contributed by atoms with van der Waals surface area (Å²) in [6.07, 6.45) is 0. The fourth-order valence-electron chi connectivity index (χ4n) is 2.25. The first-order valence-corrected chi connectivity index (χ1v) is 7.29. The number of rotatable bonds is 6. The summed E-state index contributed by atoms with van der Waals surface area (Å²) in [5, 5.41) is 3.27. The van der Waals surface area contributed by atoms with E-state index in [9.17, 15) is 4.39 Å². The van der Waals surface area contributed by atoms with E-state index >= 15 is 0 Å². The maximum Gasteiger partial charge on any atom is 0.128 e. The normalized spacial score (nSPS) is 12.2. The number of benzene rings is 2. The van der Waals surface area contributed by atoms with Crippen molar-refractivity contribution in [1.82, 2.24) is 5.32 Å².